The molecule has 0 aliphatic heterocycles. The number of anilines is 1. The predicted molar refractivity (Wildman–Crippen MR) is 154 cm³/mol. The van der Waals surface area contributed by atoms with E-state index in [1.165, 1.54) is 12.1 Å². The van der Waals surface area contributed by atoms with Crippen molar-refractivity contribution >= 4 is 29.2 Å². The van der Waals surface area contributed by atoms with E-state index in [0.717, 1.165) is 37.0 Å². The Hall–Kier alpha value is -4.28. The number of hydrogen-bond acceptors (Lipinski definition) is 7. The fourth-order valence-electron chi connectivity index (χ4n) is 6.33. The van der Waals surface area contributed by atoms with Gasteiger partial charge in [-0.1, -0.05) is 48.9 Å². The van der Waals surface area contributed by atoms with E-state index in [4.69, 9.17) is 9.72 Å². The van der Waals surface area contributed by atoms with Gasteiger partial charge < -0.3 is 14.6 Å². The van der Waals surface area contributed by atoms with Gasteiger partial charge in [-0.05, 0) is 61.8 Å². The van der Waals surface area contributed by atoms with Gasteiger partial charge >= 0.3 is 18.7 Å². The van der Waals surface area contributed by atoms with Gasteiger partial charge in [0, 0.05) is 24.9 Å². The van der Waals surface area contributed by atoms with Crippen molar-refractivity contribution in [3.05, 3.63) is 77.1 Å². The van der Waals surface area contributed by atoms with Gasteiger partial charge in [-0.3, -0.25) is 9.59 Å². The molecule has 2 aliphatic carbocycles. The molecule has 0 bridgehead atoms. The average molecular weight is 592 g/mol. The molecule has 2 fully saturated rings. The SMILES string of the molecule is C[C@@H](Nc1nc(OC=O)nc2nc(C3CCCC(=O)C3c3ccccc3)n(Cc3ccc(C(F)(F)F)cc3)c12)C1CCC1. The molecule has 0 amide bonds. The van der Waals surface area contributed by atoms with Gasteiger partial charge in [-0.15, -0.1) is 0 Å². The minimum atomic E-state index is -4.45. The lowest BCUT2D eigenvalue weighted by molar-refractivity contribution is -0.137. The monoisotopic (exact) mass is 591 g/mol. The van der Waals surface area contributed by atoms with E-state index in [2.05, 4.69) is 22.2 Å². The maximum Gasteiger partial charge on any atom is 0.416 e. The largest absolute Gasteiger partial charge is 0.416 e. The van der Waals surface area contributed by atoms with Crippen molar-refractivity contribution in [1.29, 1.82) is 0 Å². The van der Waals surface area contributed by atoms with Crippen LogP contribution in [-0.4, -0.2) is 37.8 Å². The summed E-state index contributed by atoms with van der Waals surface area (Å²) in [4.78, 5) is 38.5. The van der Waals surface area contributed by atoms with Crippen molar-refractivity contribution in [2.24, 2.45) is 5.92 Å². The highest BCUT2D eigenvalue weighted by atomic mass is 19.4. The summed E-state index contributed by atoms with van der Waals surface area (Å²) in [7, 11) is 0. The molecule has 2 saturated carbocycles. The van der Waals surface area contributed by atoms with Crippen LogP contribution in [0.15, 0.2) is 54.6 Å². The Morgan fingerprint density at radius 1 is 1.02 bits per heavy atom. The third-order valence-electron chi connectivity index (χ3n) is 8.79. The van der Waals surface area contributed by atoms with Crippen molar-refractivity contribution < 1.29 is 27.5 Å². The molecule has 2 aromatic carbocycles. The van der Waals surface area contributed by atoms with Gasteiger partial charge in [0.25, 0.3) is 0 Å². The first-order valence-corrected chi connectivity index (χ1v) is 14.6. The van der Waals surface area contributed by atoms with Crippen LogP contribution in [0.3, 0.4) is 0 Å². The number of rotatable bonds is 9. The molecule has 43 heavy (non-hydrogen) atoms. The summed E-state index contributed by atoms with van der Waals surface area (Å²) in [5.74, 6) is 0.828. The lowest BCUT2D eigenvalue weighted by Gasteiger charge is -2.32. The number of fused-ring (bicyclic) bond motifs is 1. The second-order valence-corrected chi connectivity index (χ2v) is 11.5. The summed E-state index contributed by atoms with van der Waals surface area (Å²) >= 11 is 0. The normalized spacial score (nSPS) is 20.0. The van der Waals surface area contributed by atoms with E-state index < -0.39 is 17.7 Å². The predicted octanol–water partition coefficient (Wildman–Crippen LogP) is 6.65. The standard InChI is InChI=1S/C32H32F3N5O3/c1-19(21-9-5-10-21)36-28-27-29(39-31(38-28)43-18-41)37-30(40(27)17-20-13-15-23(16-14-20)32(33,34)35)24-11-6-12-25(42)26(24)22-7-3-2-4-8-22/h2-4,7-8,13-16,18-19,21,24,26H,5-6,9-12,17H2,1H3,(H,36,38,39)/t19-,24?,26?/m1/s1. The van der Waals surface area contributed by atoms with Gasteiger partial charge in [-0.25, -0.2) is 4.98 Å². The second kappa shape index (κ2) is 11.8. The van der Waals surface area contributed by atoms with Crippen molar-refractivity contribution in [1.82, 2.24) is 19.5 Å². The molecule has 224 valence electrons. The van der Waals surface area contributed by atoms with E-state index in [0.29, 0.717) is 47.9 Å². The molecule has 11 heteroatoms. The first kappa shape index (κ1) is 28.8. The zero-order valence-electron chi connectivity index (χ0n) is 23.7. The number of carbonyl (C=O) groups excluding carboxylic acids is 2. The van der Waals surface area contributed by atoms with Gasteiger partial charge in [0.1, 0.15) is 17.1 Å². The third kappa shape index (κ3) is 5.85. The van der Waals surface area contributed by atoms with Gasteiger partial charge in [0.05, 0.1) is 11.5 Å². The number of ether oxygens (including phenoxy) is 1. The molecule has 1 N–H and O–H groups in total. The van der Waals surface area contributed by atoms with Crippen LogP contribution in [0.5, 0.6) is 6.01 Å². The molecule has 2 unspecified atom stereocenters. The van der Waals surface area contributed by atoms with Crippen LogP contribution in [0.25, 0.3) is 11.2 Å². The van der Waals surface area contributed by atoms with Crippen LogP contribution >= 0.6 is 0 Å². The average Bonchev–Trinajstić information content (AvgIpc) is 3.30. The summed E-state index contributed by atoms with van der Waals surface area (Å²) in [6.45, 7) is 2.51. The molecule has 6 rings (SSSR count). The van der Waals surface area contributed by atoms with Gasteiger partial charge in [0.15, 0.2) is 11.5 Å². The number of benzene rings is 2. The second-order valence-electron chi connectivity index (χ2n) is 11.5. The molecule has 0 spiro atoms. The fourth-order valence-corrected chi connectivity index (χ4v) is 6.33. The number of carbonyl (C=O) groups is 2. The molecule has 3 atom stereocenters. The molecule has 2 aliphatic rings. The lowest BCUT2D eigenvalue weighted by Crippen LogP contribution is -2.31. The first-order valence-electron chi connectivity index (χ1n) is 14.6. The Morgan fingerprint density at radius 2 is 1.77 bits per heavy atom. The molecule has 0 saturated heterocycles. The Balaban J connectivity index is 1.52. The zero-order valence-corrected chi connectivity index (χ0v) is 23.7. The van der Waals surface area contributed by atoms with E-state index in [-0.39, 0.29) is 42.4 Å². The summed E-state index contributed by atoms with van der Waals surface area (Å²) < 4.78 is 46.9. The summed E-state index contributed by atoms with van der Waals surface area (Å²) in [6.07, 6.45) is 0.700. The first-order chi connectivity index (χ1) is 20.7. The van der Waals surface area contributed by atoms with E-state index in [1.54, 1.807) is 0 Å². The molecule has 2 heterocycles. The van der Waals surface area contributed by atoms with Gasteiger partial charge in [-0.2, -0.15) is 23.1 Å². The summed E-state index contributed by atoms with van der Waals surface area (Å²) in [5.41, 5.74) is 1.60. The summed E-state index contributed by atoms with van der Waals surface area (Å²) in [6, 6.07) is 14.5. The Labute approximate surface area is 246 Å². The fraction of sp³-hybridized carbons (Fsp3) is 0.406. The number of aromatic nitrogens is 4. The van der Waals surface area contributed by atoms with Crippen molar-refractivity contribution in [2.75, 3.05) is 5.32 Å². The van der Waals surface area contributed by atoms with Crippen LogP contribution in [0.1, 0.15) is 79.8 Å². The van der Waals surface area contributed by atoms with E-state index in [1.807, 2.05) is 34.9 Å². The smallest absolute Gasteiger partial charge is 0.393 e. The lowest BCUT2D eigenvalue weighted by atomic mass is 9.74. The molecule has 0 radical (unpaired) electrons. The van der Waals surface area contributed by atoms with Gasteiger partial charge in [0.2, 0.25) is 0 Å². The van der Waals surface area contributed by atoms with Crippen LogP contribution in [0, 0.1) is 5.92 Å². The highest BCUT2D eigenvalue weighted by Crippen LogP contribution is 2.44. The highest BCUT2D eigenvalue weighted by Gasteiger charge is 2.38. The van der Waals surface area contributed by atoms with Crippen LogP contribution < -0.4 is 10.1 Å². The Kier molecular flexibility index (Phi) is 7.89. The van der Waals surface area contributed by atoms with Crippen molar-refractivity contribution in [3.63, 3.8) is 0 Å². The topological polar surface area (TPSA) is 99.0 Å². The van der Waals surface area contributed by atoms with E-state index >= 15 is 0 Å². The highest BCUT2D eigenvalue weighted by molar-refractivity contribution is 5.89. The van der Waals surface area contributed by atoms with Crippen LogP contribution in [-0.2, 0) is 22.3 Å². The number of ketones is 1. The van der Waals surface area contributed by atoms with Crippen molar-refractivity contribution in [3.8, 4) is 6.01 Å². The third-order valence-corrected chi connectivity index (χ3v) is 8.79. The maximum absolute atomic E-state index is 13.4. The molecule has 8 nitrogen and oxygen atoms in total. The molecular weight excluding hydrogens is 559 g/mol. The minimum Gasteiger partial charge on any atom is -0.393 e. The number of nitrogens with zero attached hydrogens (tertiary/aromatic N) is 4. The molecule has 4 aromatic rings. The Bertz CT molecular complexity index is 1620. The summed E-state index contributed by atoms with van der Waals surface area (Å²) in [5, 5.41) is 3.49. The number of alkyl halides is 3. The zero-order chi connectivity index (χ0) is 30.1. The Morgan fingerprint density at radius 3 is 2.42 bits per heavy atom. The quantitative estimate of drug-likeness (QED) is 0.218. The minimum absolute atomic E-state index is 0.0575. The van der Waals surface area contributed by atoms with Crippen molar-refractivity contribution in [2.45, 2.75) is 76.0 Å². The number of Topliss-reactive ketones (excluding diaryl/α,β-unsaturated/α-hetero) is 1. The molecule has 2 aromatic heterocycles. The molecular formula is C32H32F3N5O3. The maximum atomic E-state index is 13.4. The number of halogens is 3. The number of imidazole rings is 1. The number of hydrogen-bond donors (Lipinski definition) is 1. The number of nitrogens with one attached hydrogen (secondary N) is 1. The van der Waals surface area contributed by atoms with E-state index in [9.17, 15) is 22.8 Å². The van der Waals surface area contributed by atoms with Crippen LogP contribution in [0.4, 0.5) is 19.0 Å². The van der Waals surface area contributed by atoms with Crippen LogP contribution in [0.2, 0.25) is 0 Å².